The Morgan fingerprint density at radius 1 is 1.21 bits per heavy atom. The van der Waals surface area contributed by atoms with Crippen LogP contribution in [0.2, 0.25) is 0 Å². The lowest BCUT2D eigenvalue weighted by molar-refractivity contribution is -0.125. The van der Waals surface area contributed by atoms with Gasteiger partial charge in [0.05, 0.1) is 0 Å². The van der Waals surface area contributed by atoms with Crippen LogP contribution in [0, 0.1) is 17.8 Å². The molecule has 0 bridgehead atoms. The highest BCUT2D eigenvalue weighted by Gasteiger charge is 2.47. The first-order valence-electron chi connectivity index (χ1n) is 5.65. The van der Waals surface area contributed by atoms with E-state index in [-0.39, 0.29) is 5.91 Å². The lowest BCUT2D eigenvalue weighted by Crippen LogP contribution is -2.30. The molecule has 2 unspecified atom stereocenters. The number of hydrogen-bond donors (Lipinski definition) is 1. The summed E-state index contributed by atoms with van der Waals surface area (Å²) in [6, 6.07) is 0. The molecule has 1 N–H and O–H groups in total. The molecule has 0 saturated heterocycles. The maximum atomic E-state index is 11.6. The van der Waals surface area contributed by atoms with Crippen molar-refractivity contribution in [3.63, 3.8) is 0 Å². The van der Waals surface area contributed by atoms with Crippen LogP contribution in [0.15, 0.2) is 0 Å². The van der Waals surface area contributed by atoms with E-state index < -0.39 is 0 Å². The van der Waals surface area contributed by atoms with Gasteiger partial charge in [0.15, 0.2) is 0 Å². The second kappa shape index (κ2) is 4.52. The van der Waals surface area contributed by atoms with Crippen molar-refractivity contribution in [2.45, 2.75) is 32.1 Å². The molecule has 0 aromatic carbocycles. The van der Waals surface area contributed by atoms with Crippen LogP contribution in [0.1, 0.15) is 32.1 Å². The van der Waals surface area contributed by atoms with E-state index in [9.17, 15) is 4.79 Å². The van der Waals surface area contributed by atoms with Gasteiger partial charge in [-0.25, -0.2) is 0 Å². The monoisotopic (exact) mass is 215 g/mol. The van der Waals surface area contributed by atoms with E-state index >= 15 is 0 Å². The summed E-state index contributed by atoms with van der Waals surface area (Å²) < 4.78 is 0. The number of halogens is 1. The van der Waals surface area contributed by atoms with Crippen LogP contribution in [0.4, 0.5) is 0 Å². The summed E-state index contributed by atoms with van der Waals surface area (Å²) in [4.78, 5) is 11.6. The normalized spacial score (nSPS) is 33.9. The highest BCUT2D eigenvalue weighted by molar-refractivity contribution is 6.17. The van der Waals surface area contributed by atoms with E-state index in [0.717, 1.165) is 44.1 Å². The molecular formula is C11H18ClNO. The third-order valence-electron chi connectivity index (χ3n) is 3.47. The molecule has 2 saturated carbocycles. The first-order chi connectivity index (χ1) is 6.81. The Hall–Kier alpha value is -0.240. The van der Waals surface area contributed by atoms with E-state index in [1.807, 2.05) is 0 Å². The van der Waals surface area contributed by atoms with Crippen molar-refractivity contribution in [3.8, 4) is 0 Å². The molecule has 2 fully saturated rings. The molecule has 2 nitrogen and oxygen atoms in total. The van der Waals surface area contributed by atoms with Gasteiger partial charge in [-0.1, -0.05) is 0 Å². The minimum Gasteiger partial charge on any atom is -0.356 e. The molecule has 0 heterocycles. The molecule has 0 aromatic rings. The average Bonchev–Trinajstić information content (AvgIpc) is 2.80. The number of carbonyl (C=O) groups excluding carboxylic acids is 1. The van der Waals surface area contributed by atoms with Gasteiger partial charge in [0, 0.05) is 18.3 Å². The zero-order valence-corrected chi connectivity index (χ0v) is 9.22. The third kappa shape index (κ3) is 2.41. The fourth-order valence-electron chi connectivity index (χ4n) is 2.50. The highest BCUT2D eigenvalue weighted by Crippen LogP contribution is 2.54. The zero-order valence-electron chi connectivity index (χ0n) is 8.47. The van der Waals surface area contributed by atoms with Crippen LogP contribution in [0.3, 0.4) is 0 Å². The minimum absolute atomic E-state index is 0.284. The Morgan fingerprint density at radius 2 is 1.93 bits per heavy atom. The van der Waals surface area contributed by atoms with Crippen molar-refractivity contribution in [2.24, 2.45) is 17.8 Å². The lowest BCUT2D eigenvalue weighted by Gasteiger charge is -2.11. The predicted molar refractivity (Wildman–Crippen MR) is 57.3 cm³/mol. The highest BCUT2D eigenvalue weighted by atomic mass is 35.5. The van der Waals surface area contributed by atoms with Gasteiger partial charge < -0.3 is 5.32 Å². The predicted octanol–water partition coefficient (Wildman–Crippen LogP) is 2.17. The van der Waals surface area contributed by atoms with Crippen molar-refractivity contribution < 1.29 is 4.79 Å². The SMILES string of the molecule is O=C(NCCCCCl)C1CC2CC2C1. The molecule has 14 heavy (non-hydrogen) atoms. The molecule has 0 aromatic heterocycles. The van der Waals surface area contributed by atoms with E-state index in [2.05, 4.69) is 5.32 Å². The maximum Gasteiger partial charge on any atom is 0.223 e. The number of carbonyl (C=O) groups is 1. The summed E-state index contributed by atoms with van der Waals surface area (Å²) in [7, 11) is 0. The summed E-state index contributed by atoms with van der Waals surface area (Å²) in [5, 5.41) is 3.00. The summed E-state index contributed by atoms with van der Waals surface area (Å²) in [6.45, 7) is 0.803. The molecule has 0 aliphatic heterocycles. The van der Waals surface area contributed by atoms with Crippen molar-refractivity contribution in [1.82, 2.24) is 5.32 Å². The molecule has 80 valence electrons. The third-order valence-corrected chi connectivity index (χ3v) is 3.74. The zero-order chi connectivity index (χ0) is 9.97. The largest absolute Gasteiger partial charge is 0.356 e. The molecule has 0 spiro atoms. The lowest BCUT2D eigenvalue weighted by atomic mass is 10.0. The smallest absolute Gasteiger partial charge is 0.223 e. The minimum atomic E-state index is 0.284. The summed E-state index contributed by atoms with van der Waals surface area (Å²) >= 11 is 5.56. The van der Waals surface area contributed by atoms with E-state index in [0.29, 0.717) is 11.8 Å². The van der Waals surface area contributed by atoms with E-state index in [4.69, 9.17) is 11.6 Å². The van der Waals surface area contributed by atoms with Gasteiger partial charge in [0.25, 0.3) is 0 Å². The van der Waals surface area contributed by atoms with Crippen molar-refractivity contribution >= 4 is 17.5 Å². The number of amides is 1. The van der Waals surface area contributed by atoms with Gasteiger partial charge in [0.1, 0.15) is 0 Å². The van der Waals surface area contributed by atoms with Crippen LogP contribution < -0.4 is 5.32 Å². The Bertz CT molecular complexity index is 209. The number of rotatable bonds is 5. The van der Waals surface area contributed by atoms with Crippen LogP contribution in [-0.4, -0.2) is 18.3 Å². The molecule has 2 atom stereocenters. The quantitative estimate of drug-likeness (QED) is 0.553. The van der Waals surface area contributed by atoms with Crippen LogP contribution >= 0.6 is 11.6 Å². The number of nitrogens with one attached hydrogen (secondary N) is 1. The fraction of sp³-hybridized carbons (Fsp3) is 0.909. The Morgan fingerprint density at radius 3 is 2.57 bits per heavy atom. The first-order valence-corrected chi connectivity index (χ1v) is 6.18. The molecule has 2 aliphatic rings. The topological polar surface area (TPSA) is 29.1 Å². The van der Waals surface area contributed by atoms with Gasteiger partial charge in [-0.3, -0.25) is 4.79 Å². The molecule has 0 radical (unpaired) electrons. The van der Waals surface area contributed by atoms with Crippen molar-refractivity contribution in [1.29, 1.82) is 0 Å². The molecule has 2 rings (SSSR count). The van der Waals surface area contributed by atoms with Gasteiger partial charge in [-0.05, 0) is 43.9 Å². The van der Waals surface area contributed by atoms with Crippen LogP contribution in [0.5, 0.6) is 0 Å². The van der Waals surface area contributed by atoms with E-state index in [1.54, 1.807) is 0 Å². The number of alkyl halides is 1. The summed E-state index contributed by atoms with van der Waals surface area (Å²) in [6.07, 6.45) is 5.68. The number of fused-ring (bicyclic) bond motifs is 1. The van der Waals surface area contributed by atoms with Crippen molar-refractivity contribution in [2.75, 3.05) is 12.4 Å². The van der Waals surface area contributed by atoms with Gasteiger partial charge >= 0.3 is 0 Å². The Kier molecular flexibility index (Phi) is 3.32. The molecular weight excluding hydrogens is 198 g/mol. The van der Waals surface area contributed by atoms with Gasteiger partial charge in [-0.15, -0.1) is 11.6 Å². The summed E-state index contributed by atoms with van der Waals surface area (Å²) in [5.74, 6) is 3.10. The average molecular weight is 216 g/mol. The molecule has 3 heteroatoms. The standard InChI is InChI=1S/C11H18ClNO/c12-3-1-2-4-13-11(14)10-6-8-5-9(8)7-10/h8-10H,1-7H2,(H,13,14). The van der Waals surface area contributed by atoms with E-state index in [1.165, 1.54) is 6.42 Å². The first kappa shape index (κ1) is 10.3. The van der Waals surface area contributed by atoms with Crippen LogP contribution in [0.25, 0.3) is 0 Å². The maximum absolute atomic E-state index is 11.6. The molecule has 1 amide bonds. The fourth-order valence-corrected chi connectivity index (χ4v) is 2.69. The van der Waals surface area contributed by atoms with Gasteiger partial charge in [-0.2, -0.15) is 0 Å². The Labute approximate surface area is 90.4 Å². The van der Waals surface area contributed by atoms with Crippen molar-refractivity contribution in [3.05, 3.63) is 0 Å². The number of unbranched alkanes of at least 4 members (excludes halogenated alkanes) is 1. The Balaban J connectivity index is 1.59. The summed E-state index contributed by atoms with van der Waals surface area (Å²) in [5.41, 5.74) is 0. The second-order valence-corrected chi connectivity index (χ2v) is 4.99. The molecule has 2 aliphatic carbocycles. The van der Waals surface area contributed by atoms with Crippen LogP contribution in [-0.2, 0) is 4.79 Å². The van der Waals surface area contributed by atoms with Gasteiger partial charge in [0.2, 0.25) is 5.91 Å². The second-order valence-electron chi connectivity index (χ2n) is 4.61. The number of hydrogen-bond acceptors (Lipinski definition) is 1.